The van der Waals surface area contributed by atoms with Crippen molar-refractivity contribution in [2.45, 2.75) is 31.0 Å². The zero-order valence-corrected chi connectivity index (χ0v) is 14.9. The van der Waals surface area contributed by atoms with E-state index in [0.29, 0.717) is 6.61 Å². The minimum Gasteiger partial charge on any atom is -0.486 e. The van der Waals surface area contributed by atoms with E-state index in [1.807, 2.05) is 24.3 Å². The molecule has 0 bridgehead atoms. The molecule has 2 aliphatic heterocycles. The van der Waals surface area contributed by atoms with Gasteiger partial charge in [-0.1, -0.05) is 24.3 Å². The third-order valence-corrected chi connectivity index (χ3v) is 5.24. The van der Waals surface area contributed by atoms with Gasteiger partial charge in [0.15, 0.2) is 11.5 Å². The van der Waals surface area contributed by atoms with Gasteiger partial charge in [-0.05, 0) is 55.1 Å². The molecule has 6 heteroatoms. The van der Waals surface area contributed by atoms with Gasteiger partial charge in [-0.25, -0.2) is 0 Å². The summed E-state index contributed by atoms with van der Waals surface area (Å²) in [5.74, 6) is 1.79. The van der Waals surface area contributed by atoms with Crippen molar-refractivity contribution in [3.63, 3.8) is 0 Å². The molecule has 0 N–H and O–H groups in total. The largest absolute Gasteiger partial charge is 0.486 e. The fourth-order valence-corrected chi connectivity index (χ4v) is 3.88. The molecule has 0 saturated carbocycles. The maximum absolute atomic E-state index is 12.8. The first kappa shape index (κ1) is 18.2. The van der Waals surface area contributed by atoms with Gasteiger partial charge in [0.2, 0.25) is 0 Å². The van der Waals surface area contributed by atoms with Crippen molar-refractivity contribution in [2.75, 3.05) is 26.2 Å². The highest BCUT2D eigenvalue weighted by atomic mass is 19.4. The lowest BCUT2D eigenvalue weighted by molar-refractivity contribution is -0.137. The molecule has 144 valence electrons. The number of hydrogen-bond acceptors (Lipinski definition) is 3. The molecule has 0 radical (unpaired) electrons. The maximum Gasteiger partial charge on any atom is 0.416 e. The fraction of sp³-hybridized carbons (Fsp3) is 0.429. The van der Waals surface area contributed by atoms with Gasteiger partial charge in [0.05, 0.1) is 5.56 Å². The number of likely N-dealkylation sites (tertiary alicyclic amines) is 1. The normalized spacial score (nSPS) is 23.2. The molecule has 0 aromatic heterocycles. The molecule has 2 aromatic rings. The van der Waals surface area contributed by atoms with Crippen molar-refractivity contribution < 1.29 is 22.6 Å². The van der Waals surface area contributed by atoms with Crippen LogP contribution in [0.4, 0.5) is 13.2 Å². The predicted octanol–water partition coefficient (Wildman–Crippen LogP) is 4.72. The van der Waals surface area contributed by atoms with Gasteiger partial charge in [0.25, 0.3) is 0 Å². The molecule has 1 fully saturated rings. The summed E-state index contributed by atoms with van der Waals surface area (Å²) in [6, 6.07) is 13.2. The summed E-state index contributed by atoms with van der Waals surface area (Å²) in [5.41, 5.74) is 0.379. The molecule has 0 aliphatic carbocycles. The van der Waals surface area contributed by atoms with Gasteiger partial charge in [0, 0.05) is 13.1 Å². The van der Waals surface area contributed by atoms with Crippen molar-refractivity contribution >= 4 is 0 Å². The Hall–Kier alpha value is -2.21. The van der Waals surface area contributed by atoms with Crippen LogP contribution in [0, 0.1) is 0 Å². The fourth-order valence-electron chi connectivity index (χ4n) is 3.88. The average molecular weight is 377 g/mol. The minimum absolute atomic E-state index is 0.0359. The summed E-state index contributed by atoms with van der Waals surface area (Å²) in [7, 11) is 0. The average Bonchev–Trinajstić information content (AvgIpc) is 2.68. The first-order valence-corrected chi connectivity index (χ1v) is 9.27. The van der Waals surface area contributed by atoms with Crippen LogP contribution in [0.25, 0.3) is 0 Å². The van der Waals surface area contributed by atoms with Crippen LogP contribution in [-0.4, -0.2) is 37.2 Å². The first-order valence-electron chi connectivity index (χ1n) is 9.27. The van der Waals surface area contributed by atoms with Gasteiger partial charge in [0.1, 0.15) is 12.7 Å². The Bertz CT molecular complexity index is 776. The molecule has 0 unspecified atom stereocenters. The summed E-state index contributed by atoms with van der Waals surface area (Å²) in [4.78, 5) is 2.33. The number of rotatable bonds is 3. The predicted molar refractivity (Wildman–Crippen MR) is 96.2 cm³/mol. The summed E-state index contributed by atoms with van der Waals surface area (Å²) in [6.45, 7) is 3.06. The third-order valence-electron chi connectivity index (χ3n) is 5.24. The highest BCUT2D eigenvalue weighted by molar-refractivity contribution is 5.40. The lowest BCUT2D eigenvalue weighted by atomic mass is 9.90. The number of piperidine rings is 1. The van der Waals surface area contributed by atoms with Crippen LogP contribution in [0.1, 0.15) is 29.9 Å². The summed E-state index contributed by atoms with van der Waals surface area (Å²) >= 11 is 0. The van der Waals surface area contributed by atoms with E-state index in [9.17, 15) is 13.2 Å². The van der Waals surface area contributed by atoms with Crippen LogP contribution in [0.3, 0.4) is 0 Å². The zero-order chi connectivity index (χ0) is 18.9. The Morgan fingerprint density at radius 2 is 1.74 bits per heavy atom. The van der Waals surface area contributed by atoms with E-state index < -0.39 is 11.7 Å². The molecular weight excluding hydrogens is 355 g/mol. The van der Waals surface area contributed by atoms with E-state index in [1.54, 1.807) is 12.1 Å². The number of fused-ring (bicyclic) bond motifs is 1. The van der Waals surface area contributed by atoms with E-state index >= 15 is 0 Å². The molecule has 3 nitrogen and oxygen atoms in total. The molecule has 2 aliphatic rings. The van der Waals surface area contributed by atoms with Crippen molar-refractivity contribution in [3.05, 3.63) is 59.7 Å². The molecule has 27 heavy (non-hydrogen) atoms. The SMILES string of the molecule is FC(F)(F)c1ccc([C@H]2CCCN(C[C@H]3COc4ccccc4O3)C2)cc1. The Balaban J connectivity index is 1.37. The molecule has 2 heterocycles. The Kier molecular flexibility index (Phi) is 5.00. The van der Waals surface area contributed by atoms with Crippen molar-refractivity contribution in [2.24, 2.45) is 0 Å². The number of alkyl halides is 3. The van der Waals surface area contributed by atoms with Gasteiger partial charge in [-0.15, -0.1) is 0 Å². The number of halogens is 3. The maximum atomic E-state index is 12.8. The van der Waals surface area contributed by atoms with Gasteiger partial charge in [-0.3, -0.25) is 4.90 Å². The molecule has 4 rings (SSSR count). The molecule has 0 spiro atoms. The number of benzene rings is 2. The second-order valence-corrected chi connectivity index (χ2v) is 7.22. The zero-order valence-electron chi connectivity index (χ0n) is 14.9. The second kappa shape index (κ2) is 7.43. The minimum atomic E-state index is -4.29. The summed E-state index contributed by atoms with van der Waals surface area (Å²) in [5, 5.41) is 0. The van der Waals surface area contributed by atoms with Gasteiger partial charge < -0.3 is 9.47 Å². The molecule has 1 saturated heterocycles. The van der Waals surface area contributed by atoms with Crippen molar-refractivity contribution in [1.29, 1.82) is 0 Å². The topological polar surface area (TPSA) is 21.7 Å². The number of para-hydroxylation sites is 2. The first-order chi connectivity index (χ1) is 13.0. The Morgan fingerprint density at radius 3 is 2.48 bits per heavy atom. The van der Waals surface area contributed by atoms with E-state index in [2.05, 4.69) is 4.90 Å². The van der Waals surface area contributed by atoms with E-state index in [-0.39, 0.29) is 12.0 Å². The summed E-state index contributed by atoms with van der Waals surface area (Å²) < 4.78 is 50.1. The number of ether oxygens (including phenoxy) is 2. The highest BCUT2D eigenvalue weighted by Gasteiger charge is 2.31. The van der Waals surface area contributed by atoms with Crippen LogP contribution < -0.4 is 9.47 Å². The molecule has 2 aromatic carbocycles. The van der Waals surface area contributed by atoms with E-state index in [1.165, 1.54) is 12.1 Å². The number of nitrogens with zero attached hydrogens (tertiary/aromatic N) is 1. The molecule has 2 atom stereocenters. The molecule has 0 amide bonds. The molecular formula is C21H22F3NO2. The summed E-state index contributed by atoms with van der Waals surface area (Å²) in [6.07, 6.45) is -2.31. The smallest absolute Gasteiger partial charge is 0.416 e. The Labute approximate surface area is 156 Å². The van der Waals surface area contributed by atoms with Gasteiger partial charge in [-0.2, -0.15) is 13.2 Å². The van der Waals surface area contributed by atoms with Crippen LogP contribution >= 0.6 is 0 Å². The van der Waals surface area contributed by atoms with Crippen molar-refractivity contribution in [3.8, 4) is 11.5 Å². The van der Waals surface area contributed by atoms with Crippen molar-refractivity contribution in [1.82, 2.24) is 4.90 Å². The van der Waals surface area contributed by atoms with Crippen LogP contribution in [0.15, 0.2) is 48.5 Å². The quantitative estimate of drug-likeness (QED) is 0.772. The third kappa shape index (κ3) is 4.21. The lowest BCUT2D eigenvalue weighted by Gasteiger charge is -2.36. The Morgan fingerprint density at radius 1 is 1.00 bits per heavy atom. The second-order valence-electron chi connectivity index (χ2n) is 7.22. The number of hydrogen-bond donors (Lipinski definition) is 0. The monoisotopic (exact) mass is 377 g/mol. The van der Waals surface area contributed by atoms with Crippen LogP contribution in [-0.2, 0) is 6.18 Å². The highest BCUT2D eigenvalue weighted by Crippen LogP contribution is 2.34. The lowest BCUT2D eigenvalue weighted by Crippen LogP contribution is -2.44. The van der Waals surface area contributed by atoms with Crippen LogP contribution in [0.5, 0.6) is 11.5 Å². The van der Waals surface area contributed by atoms with E-state index in [4.69, 9.17) is 9.47 Å². The van der Waals surface area contributed by atoms with E-state index in [0.717, 1.165) is 49.5 Å². The van der Waals surface area contributed by atoms with Crippen LogP contribution in [0.2, 0.25) is 0 Å². The standard InChI is InChI=1S/C21H22F3NO2/c22-21(23,24)17-9-7-15(8-10-17)16-4-3-11-25(12-16)13-18-14-26-19-5-1-2-6-20(19)27-18/h1-2,5-10,16,18H,3-4,11-14H2/t16-,18-/m0/s1. The van der Waals surface area contributed by atoms with Gasteiger partial charge >= 0.3 is 6.18 Å².